The highest BCUT2D eigenvalue weighted by molar-refractivity contribution is 7.99. The summed E-state index contributed by atoms with van der Waals surface area (Å²) in [5, 5.41) is 14.5. The van der Waals surface area contributed by atoms with E-state index in [2.05, 4.69) is 46.1 Å². The van der Waals surface area contributed by atoms with E-state index < -0.39 is 0 Å². The smallest absolute Gasteiger partial charge is 0.230 e. The van der Waals surface area contributed by atoms with Gasteiger partial charge in [-0.2, -0.15) is 0 Å². The Morgan fingerprint density at radius 2 is 2.04 bits per heavy atom. The fraction of sp³-hybridized carbons (Fsp3) is 0.350. The number of thioether (sulfide) groups is 1. The highest BCUT2D eigenvalue weighted by Gasteiger charge is 2.15. The highest BCUT2D eigenvalue weighted by atomic mass is 32.2. The van der Waals surface area contributed by atoms with Gasteiger partial charge in [-0.15, -0.1) is 21.5 Å². The van der Waals surface area contributed by atoms with Crippen LogP contribution in [0.4, 0.5) is 0 Å². The van der Waals surface area contributed by atoms with Crippen molar-refractivity contribution >= 4 is 29.0 Å². The third-order valence-electron chi connectivity index (χ3n) is 4.22. The highest BCUT2D eigenvalue weighted by Crippen LogP contribution is 2.27. The maximum Gasteiger partial charge on any atom is 0.230 e. The summed E-state index contributed by atoms with van der Waals surface area (Å²) in [7, 11) is 0. The van der Waals surface area contributed by atoms with Crippen molar-refractivity contribution in [3.05, 3.63) is 53.4 Å². The second kappa shape index (κ2) is 9.71. The van der Waals surface area contributed by atoms with Crippen LogP contribution in [0.5, 0.6) is 0 Å². The molecule has 0 saturated carbocycles. The SMILES string of the molecule is CCn1c(SCC(=O)N[C@@H](C)CCc2ccccc2)nnc1-c1cccs1. The number of nitrogens with zero attached hydrogens (tertiary/aromatic N) is 3. The molecule has 0 aliphatic heterocycles. The summed E-state index contributed by atoms with van der Waals surface area (Å²) >= 11 is 3.08. The number of rotatable bonds is 9. The molecule has 5 nitrogen and oxygen atoms in total. The predicted molar refractivity (Wildman–Crippen MR) is 112 cm³/mol. The fourth-order valence-corrected chi connectivity index (χ4v) is 4.35. The molecule has 0 spiro atoms. The Kier molecular flexibility index (Phi) is 7.06. The zero-order valence-corrected chi connectivity index (χ0v) is 17.2. The summed E-state index contributed by atoms with van der Waals surface area (Å²) in [5.41, 5.74) is 1.30. The molecule has 27 heavy (non-hydrogen) atoms. The number of carbonyl (C=O) groups excluding carboxylic acids is 1. The summed E-state index contributed by atoms with van der Waals surface area (Å²) in [6.45, 7) is 4.89. The van der Waals surface area contributed by atoms with Crippen LogP contribution in [0.2, 0.25) is 0 Å². The molecule has 1 N–H and O–H groups in total. The second-order valence-corrected chi connectivity index (χ2v) is 8.20. The number of nitrogens with one attached hydrogen (secondary N) is 1. The zero-order valence-electron chi connectivity index (χ0n) is 15.6. The molecular weight excluding hydrogens is 376 g/mol. The maximum atomic E-state index is 12.3. The molecule has 1 amide bonds. The number of hydrogen-bond donors (Lipinski definition) is 1. The van der Waals surface area contributed by atoms with Crippen molar-refractivity contribution in [3.8, 4) is 10.7 Å². The van der Waals surface area contributed by atoms with E-state index in [4.69, 9.17) is 0 Å². The maximum absolute atomic E-state index is 12.3. The molecule has 0 fully saturated rings. The Hall–Kier alpha value is -2.12. The zero-order chi connectivity index (χ0) is 19.1. The van der Waals surface area contributed by atoms with Gasteiger partial charge in [-0.25, -0.2) is 0 Å². The first-order chi connectivity index (χ1) is 13.2. The lowest BCUT2D eigenvalue weighted by Crippen LogP contribution is -2.34. The molecule has 1 aromatic carbocycles. The van der Waals surface area contributed by atoms with Crippen molar-refractivity contribution in [1.82, 2.24) is 20.1 Å². The molecule has 0 saturated heterocycles. The van der Waals surface area contributed by atoms with E-state index >= 15 is 0 Å². The number of aryl methyl sites for hydroxylation is 1. The van der Waals surface area contributed by atoms with E-state index in [1.807, 2.05) is 35.7 Å². The van der Waals surface area contributed by atoms with Crippen molar-refractivity contribution in [2.75, 3.05) is 5.75 Å². The van der Waals surface area contributed by atoms with Gasteiger partial charge in [-0.3, -0.25) is 4.79 Å². The van der Waals surface area contributed by atoms with Gasteiger partial charge < -0.3 is 9.88 Å². The monoisotopic (exact) mass is 400 g/mol. The number of carbonyl (C=O) groups is 1. The number of amides is 1. The Morgan fingerprint density at radius 1 is 1.22 bits per heavy atom. The van der Waals surface area contributed by atoms with Gasteiger partial charge >= 0.3 is 0 Å². The number of thiophene rings is 1. The standard InChI is InChI=1S/C20H24N4OS2/c1-3-24-19(17-10-7-13-26-17)22-23-20(24)27-14-18(25)21-15(2)11-12-16-8-5-4-6-9-16/h4-10,13,15H,3,11-12,14H2,1-2H3,(H,21,25)/t15-/m0/s1. The minimum Gasteiger partial charge on any atom is -0.353 e. The summed E-state index contributed by atoms with van der Waals surface area (Å²) in [4.78, 5) is 13.4. The first kappa shape index (κ1) is 19.6. The molecule has 0 radical (unpaired) electrons. The van der Waals surface area contributed by atoms with Crippen LogP contribution in [-0.2, 0) is 17.8 Å². The molecule has 2 heterocycles. The lowest BCUT2D eigenvalue weighted by Gasteiger charge is -2.14. The van der Waals surface area contributed by atoms with Crippen LogP contribution in [-0.4, -0.2) is 32.5 Å². The number of hydrogen-bond acceptors (Lipinski definition) is 5. The Bertz CT molecular complexity index is 846. The van der Waals surface area contributed by atoms with E-state index in [-0.39, 0.29) is 11.9 Å². The molecule has 0 aliphatic carbocycles. The molecule has 3 aromatic rings. The van der Waals surface area contributed by atoms with Crippen LogP contribution in [0.3, 0.4) is 0 Å². The van der Waals surface area contributed by atoms with Crippen LogP contribution in [0.1, 0.15) is 25.8 Å². The van der Waals surface area contributed by atoms with Crippen molar-refractivity contribution in [1.29, 1.82) is 0 Å². The van der Waals surface area contributed by atoms with E-state index in [0.29, 0.717) is 5.75 Å². The molecule has 2 aromatic heterocycles. The normalized spacial score (nSPS) is 12.1. The molecule has 7 heteroatoms. The second-order valence-electron chi connectivity index (χ2n) is 6.31. The van der Waals surface area contributed by atoms with Crippen LogP contribution in [0.25, 0.3) is 10.7 Å². The molecule has 0 aliphatic rings. The van der Waals surface area contributed by atoms with Gasteiger partial charge in [-0.1, -0.05) is 48.2 Å². The molecular formula is C20H24N4OS2. The number of aromatic nitrogens is 3. The summed E-state index contributed by atoms with van der Waals surface area (Å²) in [6.07, 6.45) is 1.89. The Balaban J connectivity index is 1.49. The topological polar surface area (TPSA) is 59.8 Å². The van der Waals surface area contributed by atoms with E-state index in [9.17, 15) is 4.79 Å². The van der Waals surface area contributed by atoms with Crippen LogP contribution < -0.4 is 5.32 Å². The van der Waals surface area contributed by atoms with E-state index in [1.54, 1.807) is 11.3 Å². The minimum atomic E-state index is 0.0314. The molecule has 0 bridgehead atoms. The van der Waals surface area contributed by atoms with Gasteiger partial charge in [0.05, 0.1) is 10.6 Å². The molecule has 142 valence electrons. The fourth-order valence-electron chi connectivity index (χ4n) is 2.82. The van der Waals surface area contributed by atoms with Gasteiger partial charge in [0.15, 0.2) is 11.0 Å². The third-order valence-corrected chi connectivity index (χ3v) is 6.06. The lowest BCUT2D eigenvalue weighted by atomic mass is 10.1. The average Bonchev–Trinajstić information content (AvgIpc) is 3.34. The molecule has 1 atom stereocenters. The van der Waals surface area contributed by atoms with Gasteiger partial charge in [0.2, 0.25) is 5.91 Å². The molecule has 0 unspecified atom stereocenters. The Morgan fingerprint density at radius 3 is 2.74 bits per heavy atom. The van der Waals surface area contributed by atoms with Gasteiger partial charge in [0.1, 0.15) is 0 Å². The third kappa shape index (κ3) is 5.43. The largest absolute Gasteiger partial charge is 0.353 e. The first-order valence-corrected chi connectivity index (χ1v) is 11.0. The van der Waals surface area contributed by atoms with Gasteiger partial charge in [0.25, 0.3) is 0 Å². The van der Waals surface area contributed by atoms with Gasteiger partial charge in [0, 0.05) is 12.6 Å². The van der Waals surface area contributed by atoms with E-state index in [0.717, 1.165) is 35.2 Å². The lowest BCUT2D eigenvalue weighted by molar-refractivity contribution is -0.119. The van der Waals surface area contributed by atoms with Crippen LogP contribution in [0, 0.1) is 0 Å². The molecule has 3 rings (SSSR count). The number of benzene rings is 1. The summed E-state index contributed by atoms with van der Waals surface area (Å²) < 4.78 is 2.06. The van der Waals surface area contributed by atoms with Crippen LogP contribution in [0.15, 0.2) is 53.0 Å². The van der Waals surface area contributed by atoms with Crippen molar-refractivity contribution in [3.63, 3.8) is 0 Å². The first-order valence-electron chi connectivity index (χ1n) is 9.10. The van der Waals surface area contributed by atoms with E-state index in [1.165, 1.54) is 17.3 Å². The van der Waals surface area contributed by atoms with Crippen molar-refractivity contribution in [2.45, 2.75) is 44.4 Å². The average molecular weight is 401 g/mol. The minimum absolute atomic E-state index is 0.0314. The quantitative estimate of drug-likeness (QED) is 0.545. The van der Waals surface area contributed by atoms with Crippen molar-refractivity contribution < 1.29 is 4.79 Å². The van der Waals surface area contributed by atoms with Crippen LogP contribution >= 0.6 is 23.1 Å². The van der Waals surface area contributed by atoms with Crippen molar-refractivity contribution in [2.24, 2.45) is 0 Å². The Labute approximate surface area is 168 Å². The van der Waals surface area contributed by atoms with Gasteiger partial charge in [-0.05, 0) is 43.7 Å². The summed E-state index contributed by atoms with van der Waals surface area (Å²) in [6, 6.07) is 14.5. The summed E-state index contributed by atoms with van der Waals surface area (Å²) in [5.74, 6) is 1.24. The predicted octanol–water partition coefficient (Wildman–Crippen LogP) is 4.26.